The van der Waals surface area contributed by atoms with Gasteiger partial charge in [-0.25, -0.2) is 0 Å². The maximum atomic E-state index is 12.5. The largest absolute Gasteiger partial charge is 0.340 e. The van der Waals surface area contributed by atoms with Crippen LogP contribution in [0.4, 0.5) is 0 Å². The topological polar surface area (TPSA) is 46.3 Å². The maximum Gasteiger partial charge on any atom is 0.222 e. The molecular formula is C19H35ClN2O. The lowest BCUT2D eigenvalue weighted by Gasteiger charge is -2.30. The molecule has 134 valence electrons. The van der Waals surface area contributed by atoms with Gasteiger partial charge in [0.25, 0.3) is 0 Å². The molecule has 3 aliphatic rings. The fraction of sp³-hybridized carbons (Fsp3) is 0.947. The lowest BCUT2D eigenvalue weighted by molar-refractivity contribution is -0.132. The van der Waals surface area contributed by atoms with Crippen LogP contribution in [0.5, 0.6) is 0 Å². The molecular weight excluding hydrogens is 308 g/mol. The van der Waals surface area contributed by atoms with Crippen molar-refractivity contribution in [3.8, 4) is 0 Å². The van der Waals surface area contributed by atoms with E-state index in [4.69, 9.17) is 5.73 Å². The number of nitrogens with two attached hydrogens (primary N) is 1. The summed E-state index contributed by atoms with van der Waals surface area (Å²) >= 11 is 0. The molecule has 1 saturated heterocycles. The molecule has 0 aromatic rings. The van der Waals surface area contributed by atoms with Gasteiger partial charge in [-0.2, -0.15) is 0 Å². The van der Waals surface area contributed by atoms with E-state index in [0.717, 1.165) is 56.5 Å². The normalized spacial score (nSPS) is 32.3. The Labute approximate surface area is 148 Å². The smallest absolute Gasteiger partial charge is 0.222 e. The second-order valence-electron chi connectivity index (χ2n) is 8.01. The Balaban J connectivity index is 0.00000192. The molecule has 2 bridgehead atoms. The number of amides is 1. The van der Waals surface area contributed by atoms with Gasteiger partial charge >= 0.3 is 0 Å². The fourth-order valence-corrected chi connectivity index (χ4v) is 5.34. The van der Waals surface area contributed by atoms with Crippen molar-refractivity contribution in [3.05, 3.63) is 0 Å². The first kappa shape index (κ1) is 19.1. The van der Waals surface area contributed by atoms with Gasteiger partial charge in [-0.3, -0.25) is 4.79 Å². The number of fused-ring (bicyclic) bond motifs is 2. The van der Waals surface area contributed by atoms with Crippen LogP contribution in [0.25, 0.3) is 0 Å². The minimum atomic E-state index is 0. The molecule has 1 heterocycles. The predicted octanol–water partition coefficient (Wildman–Crippen LogP) is 4.13. The van der Waals surface area contributed by atoms with Crippen LogP contribution >= 0.6 is 12.4 Å². The number of hydrogen-bond acceptors (Lipinski definition) is 2. The molecule has 3 rings (SSSR count). The van der Waals surface area contributed by atoms with Crippen LogP contribution in [0.3, 0.4) is 0 Å². The highest BCUT2D eigenvalue weighted by Gasteiger charge is 2.41. The molecule has 2 N–H and O–H groups in total. The molecule has 0 aromatic carbocycles. The first-order valence-electron chi connectivity index (χ1n) is 9.77. The molecule has 3 fully saturated rings. The summed E-state index contributed by atoms with van der Waals surface area (Å²) in [5, 5.41) is 0. The summed E-state index contributed by atoms with van der Waals surface area (Å²) in [6.45, 7) is 1.80. The quantitative estimate of drug-likeness (QED) is 0.674. The van der Waals surface area contributed by atoms with Crippen molar-refractivity contribution in [1.29, 1.82) is 0 Å². The van der Waals surface area contributed by atoms with E-state index in [1.165, 1.54) is 51.4 Å². The Hall–Kier alpha value is -0.280. The van der Waals surface area contributed by atoms with Crippen molar-refractivity contribution in [2.45, 2.75) is 83.1 Å². The number of hydrogen-bond donors (Lipinski definition) is 1. The minimum Gasteiger partial charge on any atom is -0.340 e. The third-order valence-corrected chi connectivity index (χ3v) is 6.50. The monoisotopic (exact) mass is 342 g/mol. The number of nitrogens with zero attached hydrogens (tertiary/aromatic N) is 1. The third-order valence-electron chi connectivity index (χ3n) is 6.50. The Bertz CT molecular complexity index is 376. The summed E-state index contributed by atoms with van der Waals surface area (Å²) in [7, 11) is 0. The van der Waals surface area contributed by atoms with E-state index in [2.05, 4.69) is 4.90 Å². The number of halogens is 1. The van der Waals surface area contributed by atoms with Crippen molar-refractivity contribution in [3.63, 3.8) is 0 Å². The minimum absolute atomic E-state index is 0. The average molecular weight is 343 g/mol. The summed E-state index contributed by atoms with van der Waals surface area (Å²) in [6.07, 6.45) is 14.9. The highest BCUT2D eigenvalue weighted by Crippen LogP contribution is 2.50. The van der Waals surface area contributed by atoms with E-state index in [9.17, 15) is 4.79 Å². The Kier molecular flexibility index (Phi) is 7.68. The van der Waals surface area contributed by atoms with Gasteiger partial charge in [0.15, 0.2) is 0 Å². The molecule has 3 nitrogen and oxygen atoms in total. The Morgan fingerprint density at radius 3 is 2.57 bits per heavy atom. The molecule has 0 radical (unpaired) electrons. The summed E-state index contributed by atoms with van der Waals surface area (Å²) in [4.78, 5) is 14.8. The van der Waals surface area contributed by atoms with Crippen molar-refractivity contribution in [1.82, 2.24) is 4.90 Å². The van der Waals surface area contributed by atoms with Gasteiger partial charge in [0.05, 0.1) is 0 Å². The van der Waals surface area contributed by atoms with Gasteiger partial charge in [-0.1, -0.05) is 19.3 Å². The molecule has 4 unspecified atom stereocenters. The molecule has 2 aliphatic carbocycles. The highest BCUT2D eigenvalue weighted by molar-refractivity contribution is 5.85. The van der Waals surface area contributed by atoms with Crippen molar-refractivity contribution >= 4 is 18.3 Å². The van der Waals surface area contributed by atoms with Crippen molar-refractivity contribution < 1.29 is 4.79 Å². The third kappa shape index (κ3) is 4.85. The second-order valence-corrected chi connectivity index (χ2v) is 8.01. The lowest BCUT2D eigenvalue weighted by atomic mass is 9.83. The lowest BCUT2D eigenvalue weighted by Crippen LogP contribution is -2.37. The molecule has 23 heavy (non-hydrogen) atoms. The van der Waals surface area contributed by atoms with Gasteiger partial charge < -0.3 is 10.6 Å². The first-order valence-corrected chi connectivity index (χ1v) is 9.77. The van der Waals surface area contributed by atoms with E-state index in [-0.39, 0.29) is 12.4 Å². The Morgan fingerprint density at radius 1 is 1.04 bits per heavy atom. The van der Waals surface area contributed by atoms with Crippen LogP contribution in [-0.2, 0) is 4.79 Å². The molecule has 2 saturated carbocycles. The number of carbonyl (C=O) groups is 1. The molecule has 1 aliphatic heterocycles. The maximum absolute atomic E-state index is 12.5. The summed E-state index contributed by atoms with van der Waals surface area (Å²) in [5.74, 6) is 3.39. The van der Waals surface area contributed by atoms with E-state index < -0.39 is 0 Å². The summed E-state index contributed by atoms with van der Waals surface area (Å²) in [6, 6.07) is 0.570. The summed E-state index contributed by atoms with van der Waals surface area (Å²) in [5.41, 5.74) is 5.52. The van der Waals surface area contributed by atoms with E-state index in [1.54, 1.807) is 0 Å². The SMILES string of the molecule is Cl.NCCCCCCC(=O)N1CCCC1CC1CC2CCC1C2. The zero-order valence-electron chi connectivity index (χ0n) is 14.5. The highest BCUT2D eigenvalue weighted by atomic mass is 35.5. The van der Waals surface area contributed by atoms with Crippen LogP contribution < -0.4 is 5.73 Å². The number of likely N-dealkylation sites (tertiary alicyclic amines) is 1. The predicted molar refractivity (Wildman–Crippen MR) is 97.7 cm³/mol. The molecule has 0 spiro atoms. The van der Waals surface area contributed by atoms with E-state index in [1.807, 2.05) is 0 Å². The van der Waals surface area contributed by atoms with Crippen LogP contribution in [0.1, 0.15) is 77.0 Å². The Morgan fingerprint density at radius 2 is 1.87 bits per heavy atom. The fourth-order valence-electron chi connectivity index (χ4n) is 5.34. The van der Waals surface area contributed by atoms with Gasteiger partial charge in [0.2, 0.25) is 5.91 Å². The summed E-state index contributed by atoms with van der Waals surface area (Å²) < 4.78 is 0. The van der Waals surface area contributed by atoms with Gasteiger partial charge in [-0.05, 0) is 75.7 Å². The zero-order chi connectivity index (χ0) is 15.4. The van der Waals surface area contributed by atoms with Crippen molar-refractivity contribution in [2.75, 3.05) is 13.1 Å². The second kappa shape index (κ2) is 9.27. The first-order chi connectivity index (χ1) is 10.8. The van der Waals surface area contributed by atoms with E-state index >= 15 is 0 Å². The molecule has 0 aromatic heterocycles. The number of unbranched alkanes of at least 4 members (excludes halogenated alkanes) is 3. The number of rotatable bonds is 8. The van der Waals surface area contributed by atoms with Crippen LogP contribution in [0.2, 0.25) is 0 Å². The molecule has 4 heteroatoms. The standard InChI is InChI=1S/C19H34N2O.ClH/c20-10-4-2-1-3-7-19(22)21-11-5-6-18(21)14-17-13-15-8-9-16(17)12-15;/h15-18H,1-14,20H2;1H. The van der Waals surface area contributed by atoms with E-state index in [0.29, 0.717) is 11.9 Å². The molecule has 4 atom stereocenters. The number of carbonyl (C=O) groups excluding carboxylic acids is 1. The molecule has 1 amide bonds. The van der Waals surface area contributed by atoms with Gasteiger partial charge in [0.1, 0.15) is 0 Å². The van der Waals surface area contributed by atoms with Crippen LogP contribution in [-0.4, -0.2) is 29.9 Å². The van der Waals surface area contributed by atoms with Gasteiger partial charge in [-0.15, -0.1) is 12.4 Å². The van der Waals surface area contributed by atoms with Crippen molar-refractivity contribution in [2.24, 2.45) is 23.5 Å². The average Bonchev–Trinajstić information content (AvgIpc) is 3.23. The zero-order valence-corrected chi connectivity index (χ0v) is 15.4. The van der Waals surface area contributed by atoms with Crippen LogP contribution in [0, 0.1) is 17.8 Å². The van der Waals surface area contributed by atoms with Gasteiger partial charge in [0, 0.05) is 19.0 Å². The van der Waals surface area contributed by atoms with Crippen LogP contribution in [0.15, 0.2) is 0 Å².